The molecule has 1 fully saturated rings. The molecule has 1 aliphatic rings. The quantitative estimate of drug-likeness (QED) is 0.914. The van der Waals surface area contributed by atoms with Crippen molar-refractivity contribution in [2.45, 2.75) is 46.6 Å². The van der Waals surface area contributed by atoms with Gasteiger partial charge in [0.1, 0.15) is 12.3 Å². The van der Waals surface area contributed by atoms with Gasteiger partial charge in [-0.3, -0.25) is 9.59 Å². The Morgan fingerprint density at radius 1 is 1.45 bits per heavy atom. The first kappa shape index (κ1) is 14.6. The zero-order valence-corrected chi connectivity index (χ0v) is 12.4. The van der Waals surface area contributed by atoms with Gasteiger partial charge in [0.25, 0.3) is 0 Å². The summed E-state index contributed by atoms with van der Waals surface area (Å²) in [7, 11) is 0. The molecular formula is C14H21N3O3. The Balaban J connectivity index is 1.98. The van der Waals surface area contributed by atoms with Gasteiger partial charge in [-0.15, -0.1) is 0 Å². The van der Waals surface area contributed by atoms with E-state index in [1.807, 2.05) is 20.8 Å². The average Bonchev–Trinajstić information content (AvgIpc) is 3.09. The standard InChI is InChI=1S/C14H21N3O3/c1-9-7-11(16-20-9)15-12(18)8-17(10-5-6-10)13(19)14(2,3)4/h7,10H,5-6,8H2,1-4H3,(H,15,16,18). The molecule has 1 heterocycles. The number of nitrogens with one attached hydrogen (secondary N) is 1. The van der Waals surface area contributed by atoms with E-state index in [1.54, 1.807) is 17.9 Å². The minimum absolute atomic E-state index is 0.00600. The molecule has 0 bridgehead atoms. The fourth-order valence-corrected chi connectivity index (χ4v) is 1.95. The third-order valence-corrected chi connectivity index (χ3v) is 3.10. The van der Waals surface area contributed by atoms with Gasteiger partial charge in [0, 0.05) is 17.5 Å². The van der Waals surface area contributed by atoms with Crippen LogP contribution < -0.4 is 5.32 Å². The SMILES string of the molecule is Cc1cc(NC(=O)CN(C(=O)C(C)(C)C)C2CC2)no1. The van der Waals surface area contributed by atoms with Crippen molar-refractivity contribution in [2.75, 3.05) is 11.9 Å². The van der Waals surface area contributed by atoms with Crippen LogP contribution in [-0.2, 0) is 9.59 Å². The molecular weight excluding hydrogens is 258 g/mol. The molecule has 2 rings (SSSR count). The van der Waals surface area contributed by atoms with Gasteiger partial charge in [0.05, 0.1) is 0 Å². The summed E-state index contributed by atoms with van der Waals surface area (Å²) in [5.74, 6) is 0.769. The molecule has 2 amide bonds. The fourth-order valence-electron chi connectivity index (χ4n) is 1.95. The van der Waals surface area contributed by atoms with Gasteiger partial charge in [-0.05, 0) is 19.8 Å². The number of hydrogen-bond donors (Lipinski definition) is 1. The lowest BCUT2D eigenvalue weighted by Crippen LogP contribution is -2.45. The van der Waals surface area contributed by atoms with Crippen molar-refractivity contribution in [3.05, 3.63) is 11.8 Å². The van der Waals surface area contributed by atoms with Crippen molar-refractivity contribution in [3.8, 4) is 0 Å². The molecule has 0 spiro atoms. The molecule has 0 radical (unpaired) electrons. The van der Waals surface area contributed by atoms with Crippen LogP contribution in [-0.4, -0.2) is 34.5 Å². The molecule has 6 heteroatoms. The van der Waals surface area contributed by atoms with E-state index in [2.05, 4.69) is 10.5 Å². The number of aryl methyl sites for hydroxylation is 1. The van der Waals surface area contributed by atoms with Crippen LogP contribution in [0.25, 0.3) is 0 Å². The van der Waals surface area contributed by atoms with Gasteiger partial charge >= 0.3 is 0 Å². The van der Waals surface area contributed by atoms with Crippen molar-refractivity contribution in [1.82, 2.24) is 10.1 Å². The Morgan fingerprint density at radius 2 is 2.10 bits per heavy atom. The maximum Gasteiger partial charge on any atom is 0.245 e. The highest BCUT2D eigenvalue weighted by molar-refractivity contribution is 5.94. The van der Waals surface area contributed by atoms with Gasteiger partial charge in [0.2, 0.25) is 11.8 Å². The molecule has 0 saturated heterocycles. The summed E-state index contributed by atoms with van der Waals surface area (Å²) in [6.45, 7) is 7.41. The molecule has 0 aliphatic heterocycles. The third kappa shape index (κ3) is 3.59. The third-order valence-electron chi connectivity index (χ3n) is 3.10. The Labute approximate surface area is 118 Å². The maximum atomic E-state index is 12.4. The average molecular weight is 279 g/mol. The largest absolute Gasteiger partial charge is 0.360 e. The van der Waals surface area contributed by atoms with E-state index in [9.17, 15) is 9.59 Å². The molecule has 0 aromatic carbocycles. The number of aromatic nitrogens is 1. The van der Waals surface area contributed by atoms with Crippen LogP contribution >= 0.6 is 0 Å². The van der Waals surface area contributed by atoms with E-state index in [0.29, 0.717) is 11.6 Å². The summed E-state index contributed by atoms with van der Waals surface area (Å²) in [6.07, 6.45) is 1.94. The van der Waals surface area contributed by atoms with E-state index in [-0.39, 0.29) is 24.4 Å². The molecule has 1 aliphatic carbocycles. The first-order chi connectivity index (χ1) is 9.27. The summed E-state index contributed by atoms with van der Waals surface area (Å²) in [5, 5.41) is 6.35. The zero-order valence-electron chi connectivity index (χ0n) is 12.4. The van der Waals surface area contributed by atoms with E-state index < -0.39 is 5.41 Å². The zero-order chi connectivity index (χ0) is 14.9. The van der Waals surface area contributed by atoms with Gasteiger partial charge in [-0.1, -0.05) is 25.9 Å². The Bertz CT molecular complexity index is 512. The predicted molar refractivity (Wildman–Crippen MR) is 74.1 cm³/mol. The van der Waals surface area contributed by atoms with Crippen LogP contribution in [0.1, 0.15) is 39.4 Å². The Hall–Kier alpha value is -1.85. The first-order valence-electron chi connectivity index (χ1n) is 6.81. The second-order valence-corrected chi connectivity index (χ2v) is 6.29. The fraction of sp³-hybridized carbons (Fsp3) is 0.643. The monoisotopic (exact) mass is 279 g/mol. The Morgan fingerprint density at radius 3 is 2.55 bits per heavy atom. The molecule has 1 aromatic heterocycles. The number of carbonyl (C=O) groups is 2. The smallest absolute Gasteiger partial charge is 0.245 e. The maximum absolute atomic E-state index is 12.4. The molecule has 0 unspecified atom stereocenters. The minimum atomic E-state index is -0.479. The lowest BCUT2D eigenvalue weighted by Gasteiger charge is -2.28. The van der Waals surface area contributed by atoms with Gasteiger partial charge in [-0.25, -0.2) is 0 Å². The number of rotatable bonds is 4. The van der Waals surface area contributed by atoms with E-state index in [0.717, 1.165) is 12.8 Å². The van der Waals surface area contributed by atoms with Crippen molar-refractivity contribution in [1.29, 1.82) is 0 Å². The van der Waals surface area contributed by atoms with E-state index >= 15 is 0 Å². The van der Waals surface area contributed by atoms with Crippen molar-refractivity contribution >= 4 is 17.6 Å². The van der Waals surface area contributed by atoms with Crippen LogP contribution in [0.15, 0.2) is 10.6 Å². The topological polar surface area (TPSA) is 75.4 Å². The Kier molecular flexibility index (Phi) is 3.83. The van der Waals surface area contributed by atoms with Gasteiger partial charge in [0.15, 0.2) is 5.82 Å². The summed E-state index contributed by atoms with van der Waals surface area (Å²) in [5.41, 5.74) is -0.479. The molecule has 110 valence electrons. The highest BCUT2D eigenvalue weighted by Crippen LogP contribution is 2.30. The molecule has 6 nitrogen and oxygen atoms in total. The van der Waals surface area contributed by atoms with E-state index in [4.69, 9.17) is 4.52 Å². The summed E-state index contributed by atoms with van der Waals surface area (Å²) < 4.78 is 4.89. The van der Waals surface area contributed by atoms with Crippen LogP contribution in [0, 0.1) is 12.3 Å². The van der Waals surface area contributed by atoms with Crippen molar-refractivity contribution in [2.24, 2.45) is 5.41 Å². The molecule has 1 aromatic rings. The van der Waals surface area contributed by atoms with Crippen LogP contribution in [0.3, 0.4) is 0 Å². The number of amides is 2. The van der Waals surface area contributed by atoms with Crippen molar-refractivity contribution < 1.29 is 14.1 Å². The van der Waals surface area contributed by atoms with Gasteiger partial charge < -0.3 is 14.7 Å². The van der Waals surface area contributed by atoms with Crippen LogP contribution in [0.5, 0.6) is 0 Å². The molecule has 20 heavy (non-hydrogen) atoms. The normalized spacial score (nSPS) is 15.0. The second kappa shape index (κ2) is 5.26. The molecule has 1 saturated carbocycles. The second-order valence-electron chi connectivity index (χ2n) is 6.29. The van der Waals surface area contributed by atoms with Crippen LogP contribution in [0.2, 0.25) is 0 Å². The summed E-state index contributed by atoms with van der Waals surface area (Å²) in [4.78, 5) is 26.0. The van der Waals surface area contributed by atoms with Gasteiger partial charge in [-0.2, -0.15) is 0 Å². The highest BCUT2D eigenvalue weighted by atomic mass is 16.5. The predicted octanol–water partition coefficient (Wildman–Crippen LogP) is 1.96. The van der Waals surface area contributed by atoms with Crippen LogP contribution in [0.4, 0.5) is 5.82 Å². The lowest BCUT2D eigenvalue weighted by atomic mass is 9.94. The van der Waals surface area contributed by atoms with Crippen molar-refractivity contribution in [3.63, 3.8) is 0 Å². The first-order valence-corrected chi connectivity index (χ1v) is 6.81. The number of anilines is 1. The number of hydrogen-bond acceptors (Lipinski definition) is 4. The summed E-state index contributed by atoms with van der Waals surface area (Å²) in [6, 6.07) is 1.84. The highest BCUT2D eigenvalue weighted by Gasteiger charge is 2.38. The minimum Gasteiger partial charge on any atom is -0.360 e. The van der Waals surface area contributed by atoms with E-state index in [1.165, 1.54) is 0 Å². The molecule has 0 atom stereocenters. The molecule has 1 N–H and O–H groups in total. The number of carbonyl (C=O) groups excluding carboxylic acids is 2. The number of nitrogens with zero attached hydrogens (tertiary/aromatic N) is 2. The summed E-state index contributed by atoms with van der Waals surface area (Å²) >= 11 is 0. The lowest BCUT2D eigenvalue weighted by molar-refractivity contribution is -0.142.